The molecular weight excluding hydrogens is 394 g/mol. The van der Waals surface area contributed by atoms with Gasteiger partial charge < -0.3 is 10.1 Å². The number of rotatable bonds is 8. The number of hydrogen-bond donors (Lipinski definition) is 1. The van der Waals surface area contributed by atoms with Crippen LogP contribution in [0.25, 0.3) is 0 Å². The number of hydrogen-bond acceptors (Lipinski definition) is 2. The number of aromatic hydroxyl groups is 1. The molecule has 6 heteroatoms. The van der Waals surface area contributed by atoms with Gasteiger partial charge in [0.15, 0.2) is 7.11 Å². The molecule has 2 aromatic rings. The minimum atomic E-state index is -2.40. The number of aliphatic hydroxyl groups is 1. The van der Waals surface area contributed by atoms with E-state index in [0.717, 1.165) is 49.5 Å². The number of nitrogens with one attached hydrogen (secondary N) is 1. The van der Waals surface area contributed by atoms with Crippen molar-refractivity contribution in [2.45, 2.75) is 24.7 Å². The van der Waals surface area contributed by atoms with Crippen molar-refractivity contribution in [1.82, 2.24) is 8.61 Å². The molecule has 5 nitrogen and oxygen atoms in total. The summed E-state index contributed by atoms with van der Waals surface area (Å²) in [5.74, 6) is 4.91. The fraction of sp³-hybridized carbons (Fsp3) is 0.375. The van der Waals surface area contributed by atoms with Crippen LogP contribution >= 0.6 is 0 Å². The zero-order valence-electron chi connectivity index (χ0n) is 18.3. The van der Waals surface area contributed by atoms with Gasteiger partial charge in [-0.2, -0.15) is 0 Å². The summed E-state index contributed by atoms with van der Waals surface area (Å²) in [7, 11) is 3.05. The van der Waals surface area contributed by atoms with Gasteiger partial charge in [0.1, 0.15) is 5.69 Å². The number of piperidine rings is 1. The Morgan fingerprint density at radius 3 is 2.33 bits per heavy atom. The third kappa shape index (κ3) is 4.72. The molecule has 30 heavy (non-hydrogen) atoms. The average Bonchev–Trinajstić information content (AvgIpc) is 2.75. The maximum Gasteiger partial charge on any atom is 0.278 e. The van der Waals surface area contributed by atoms with E-state index in [1.807, 2.05) is 48.7 Å². The highest BCUT2D eigenvalue weighted by atomic mass is 32.2. The molecule has 0 bridgehead atoms. The van der Waals surface area contributed by atoms with Crippen LogP contribution < -0.4 is 5.32 Å². The Morgan fingerprint density at radius 1 is 1.13 bits per heavy atom. The van der Waals surface area contributed by atoms with Crippen LogP contribution in [0, 0.1) is 0 Å². The molecule has 0 saturated carbocycles. The van der Waals surface area contributed by atoms with Crippen molar-refractivity contribution in [3.8, 4) is 5.75 Å². The van der Waals surface area contributed by atoms with Gasteiger partial charge in [0.25, 0.3) is 5.75 Å². The summed E-state index contributed by atoms with van der Waals surface area (Å²) in [6.07, 6.45) is 2.61. The Bertz CT molecular complexity index is 963. The summed E-state index contributed by atoms with van der Waals surface area (Å²) in [6.45, 7) is 5.82. The molecule has 3 rings (SSSR count). The van der Waals surface area contributed by atoms with Crippen LogP contribution in [-0.4, -0.2) is 57.7 Å². The standard InChI is InChI=1S/C24H33N3O2S/c1-20(25-22-13-9-10-14-23(22)29-4)19-24(21-11-7-6-8-12-21)15-17-27(18-16-24)30(5,28)26(2)3/h6-14,25H,1,5,15-19H2,2-4H3/p+1. The minimum absolute atomic E-state index is 0.0536. The van der Waals surface area contributed by atoms with Gasteiger partial charge in [-0.05, 0) is 36.8 Å². The summed E-state index contributed by atoms with van der Waals surface area (Å²) in [6, 6.07) is 18.6. The van der Waals surface area contributed by atoms with Gasteiger partial charge in [-0.15, -0.1) is 0 Å². The number of anilines is 1. The Balaban J connectivity index is 1.82. The Labute approximate surface area is 181 Å². The van der Waals surface area contributed by atoms with Crippen molar-refractivity contribution in [3.63, 3.8) is 0 Å². The highest BCUT2D eigenvalue weighted by molar-refractivity contribution is 7.95. The fourth-order valence-electron chi connectivity index (χ4n) is 4.21. The molecule has 1 fully saturated rings. The first-order valence-corrected chi connectivity index (χ1v) is 11.9. The van der Waals surface area contributed by atoms with Gasteiger partial charge >= 0.3 is 0 Å². The van der Waals surface area contributed by atoms with Crippen LogP contribution in [0.2, 0.25) is 0 Å². The Morgan fingerprint density at radius 2 is 1.73 bits per heavy atom. The predicted molar refractivity (Wildman–Crippen MR) is 129 cm³/mol. The molecule has 162 valence electrons. The van der Waals surface area contributed by atoms with Gasteiger partial charge in [0, 0.05) is 44.4 Å². The Hall–Kier alpha value is -2.28. The highest BCUT2D eigenvalue weighted by Crippen LogP contribution is 2.41. The van der Waals surface area contributed by atoms with E-state index in [4.69, 9.17) is 0 Å². The SMILES string of the molecule is C=C(CC1(c2ccccc2)CCN(S(=C)(=O)N(C)C)CC1)Nc1ccccc1[OH+]C. The van der Waals surface area contributed by atoms with Crippen molar-refractivity contribution in [3.05, 3.63) is 72.4 Å². The summed E-state index contributed by atoms with van der Waals surface area (Å²) >= 11 is 0. The normalized spacial score (nSPS) is 18.5. The predicted octanol–water partition coefficient (Wildman–Crippen LogP) is 4.02. The second-order valence-corrected chi connectivity index (χ2v) is 10.6. The monoisotopic (exact) mass is 428 g/mol. The quantitative estimate of drug-likeness (QED) is 0.392. The van der Waals surface area contributed by atoms with E-state index in [0.29, 0.717) is 0 Å². The highest BCUT2D eigenvalue weighted by Gasteiger charge is 2.38. The van der Waals surface area contributed by atoms with Crippen molar-refractivity contribution < 1.29 is 8.95 Å². The summed E-state index contributed by atoms with van der Waals surface area (Å²) < 4.78 is 21.1. The molecule has 1 unspecified atom stereocenters. The molecule has 1 saturated heterocycles. The average molecular weight is 429 g/mol. The lowest BCUT2D eigenvalue weighted by Gasteiger charge is -2.44. The van der Waals surface area contributed by atoms with Gasteiger partial charge in [0.05, 0.1) is 9.89 Å². The number of para-hydroxylation sites is 2. The maximum atomic E-state index is 13.0. The lowest BCUT2D eigenvalue weighted by molar-refractivity contribution is 0.138. The van der Waals surface area contributed by atoms with Crippen LogP contribution in [0.15, 0.2) is 66.9 Å². The van der Waals surface area contributed by atoms with Crippen molar-refractivity contribution in [2.24, 2.45) is 0 Å². The van der Waals surface area contributed by atoms with Gasteiger partial charge in [-0.3, -0.25) is 0 Å². The molecule has 0 amide bonds. The van der Waals surface area contributed by atoms with Gasteiger partial charge in [0.2, 0.25) is 0 Å². The van der Waals surface area contributed by atoms with Crippen LogP contribution in [0.3, 0.4) is 0 Å². The number of allylic oxidation sites excluding steroid dienone is 1. The molecule has 1 aliphatic rings. The van der Waals surface area contributed by atoms with E-state index in [9.17, 15) is 4.21 Å². The zero-order valence-corrected chi connectivity index (χ0v) is 19.1. The van der Waals surface area contributed by atoms with Crippen LogP contribution in [0.5, 0.6) is 5.75 Å². The minimum Gasteiger partial charge on any atom is -0.583 e. The molecule has 0 aliphatic carbocycles. The summed E-state index contributed by atoms with van der Waals surface area (Å²) in [4.78, 5) is 0. The van der Waals surface area contributed by atoms with E-state index >= 15 is 0 Å². The van der Waals surface area contributed by atoms with Gasteiger partial charge in [-0.25, -0.2) is 12.8 Å². The second-order valence-electron chi connectivity index (χ2n) is 8.14. The Kier molecular flexibility index (Phi) is 6.91. The molecule has 1 aliphatic heterocycles. The summed E-state index contributed by atoms with van der Waals surface area (Å²) in [5.41, 5.74) is 3.19. The van der Waals surface area contributed by atoms with E-state index < -0.39 is 9.89 Å². The molecule has 2 aromatic carbocycles. The first-order valence-electron chi connectivity index (χ1n) is 10.3. The lowest BCUT2D eigenvalue weighted by atomic mass is 9.70. The molecule has 1 heterocycles. The smallest absolute Gasteiger partial charge is 0.278 e. The maximum absolute atomic E-state index is 13.0. The molecule has 0 aromatic heterocycles. The lowest BCUT2D eigenvalue weighted by Crippen LogP contribution is -2.48. The molecule has 1 atom stereocenters. The molecule has 0 radical (unpaired) electrons. The van der Waals surface area contributed by atoms with Crippen molar-refractivity contribution >= 4 is 21.5 Å². The number of benzene rings is 2. The second kappa shape index (κ2) is 9.25. The number of ether oxygens (including phenoxy) is 1. The first-order chi connectivity index (χ1) is 14.3. The van der Waals surface area contributed by atoms with E-state index in [-0.39, 0.29) is 5.41 Å². The van der Waals surface area contributed by atoms with Crippen LogP contribution in [0.1, 0.15) is 24.8 Å². The first kappa shape index (κ1) is 22.4. The van der Waals surface area contributed by atoms with Crippen LogP contribution in [0.4, 0.5) is 5.69 Å². The summed E-state index contributed by atoms with van der Waals surface area (Å²) in [5, 5.41) is 3.48. The van der Waals surface area contributed by atoms with E-state index in [1.165, 1.54) is 5.56 Å². The zero-order chi connectivity index (χ0) is 21.8. The van der Waals surface area contributed by atoms with Crippen molar-refractivity contribution in [1.29, 1.82) is 0 Å². The molecule has 2 N–H and O–H groups in total. The largest absolute Gasteiger partial charge is 0.583 e. The van der Waals surface area contributed by atoms with E-state index in [1.54, 1.807) is 11.4 Å². The molecule has 0 spiro atoms. The number of nitrogens with zero attached hydrogens (tertiary/aromatic N) is 2. The topological polar surface area (TPSA) is 48.4 Å². The van der Waals surface area contributed by atoms with Crippen LogP contribution in [-0.2, 0) is 15.3 Å². The third-order valence-corrected chi connectivity index (χ3v) is 8.36. The third-order valence-electron chi connectivity index (χ3n) is 6.05. The fourth-order valence-corrected chi connectivity index (χ4v) is 5.42. The van der Waals surface area contributed by atoms with E-state index in [2.05, 4.69) is 46.8 Å². The molecular formula is C24H34N3O2S+. The van der Waals surface area contributed by atoms with Crippen molar-refractivity contribution in [2.75, 3.05) is 39.6 Å². The van der Waals surface area contributed by atoms with Gasteiger partial charge in [-0.1, -0.05) is 49.0 Å².